The molecule has 0 saturated carbocycles. The Hall–Kier alpha value is -3.16. The van der Waals surface area contributed by atoms with Crippen molar-refractivity contribution in [2.24, 2.45) is 0 Å². The predicted molar refractivity (Wildman–Crippen MR) is 103 cm³/mol. The van der Waals surface area contributed by atoms with Crippen LogP contribution in [0.15, 0.2) is 43.0 Å². The molecule has 0 aliphatic rings. The minimum Gasteiger partial charge on any atom is -0.494 e. The molecule has 2 N–H and O–H groups in total. The van der Waals surface area contributed by atoms with Crippen LogP contribution in [-0.4, -0.2) is 38.8 Å². The first-order valence-electron chi connectivity index (χ1n) is 9.16. The average Bonchev–Trinajstić information content (AvgIpc) is 3.15. The van der Waals surface area contributed by atoms with E-state index in [9.17, 15) is 4.79 Å². The number of amides is 2. The van der Waals surface area contributed by atoms with Crippen molar-refractivity contribution in [3.8, 4) is 5.75 Å². The molecule has 142 valence electrons. The first-order valence-corrected chi connectivity index (χ1v) is 9.16. The number of ether oxygens (including phenoxy) is 1. The van der Waals surface area contributed by atoms with E-state index in [1.54, 1.807) is 10.7 Å². The van der Waals surface area contributed by atoms with E-state index in [1.165, 1.54) is 6.33 Å². The lowest BCUT2D eigenvalue weighted by Crippen LogP contribution is -2.29. The van der Waals surface area contributed by atoms with E-state index < -0.39 is 0 Å². The number of hydrogen-bond donors (Lipinski definition) is 2. The Morgan fingerprint density at radius 3 is 2.85 bits per heavy atom. The summed E-state index contributed by atoms with van der Waals surface area (Å²) in [6, 6.07) is 7.16. The van der Waals surface area contributed by atoms with Crippen LogP contribution < -0.4 is 15.4 Å². The highest BCUT2D eigenvalue weighted by molar-refractivity contribution is 5.89. The molecule has 0 aliphatic heterocycles. The molecule has 0 spiro atoms. The largest absolute Gasteiger partial charge is 0.494 e. The van der Waals surface area contributed by atoms with Crippen LogP contribution in [0.2, 0.25) is 0 Å². The molecule has 27 heavy (non-hydrogen) atoms. The molecular weight excluding hydrogens is 344 g/mol. The zero-order chi connectivity index (χ0) is 18.9. The number of fused-ring (bicyclic) bond motifs is 1. The van der Waals surface area contributed by atoms with Gasteiger partial charge in [0, 0.05) is 24.6 Å². The van der Waals surface area contributed by atoms with Crippen molar-refractivity contribution in [1.29, 1.82) is 0 Å². The van der Waals surface area contributed by atoms with Gasteiger partial charge in [0.25, 0.3) is 5.78 Å². The summed E-state index contributed by atoms with van der Waals surface area (Å²) in [7, 11) is 0. The van der Waals surface area contributed by atoms with Gasteiger partial charge in [-0.3, -0.25) is 0 Å². The van der Waals surface area contributed by atoms with Crippen molar-refractivity contribution in [3.63, 3.8) is 0 Å². The molecule has 0 aliphatic carbocycles. The second kappa shape index (κ2) is 9.51. The highest BCUT2D eigenvalue weighted by Gasteiger charge is 2.03. The van der Waals surface area contributed by atoms with Crippen molar-refractivity contribution in [2.45, 2.75) is 32.6 Å². The van der Waals surface area contributed by atoms with Crippen LogP contribution in [0, 0.1) is 0 Å². The smallest absolute Gasteiger partial charge is 0.319 e. The highest BCUT2D eigenvalue weighted by Crippen LogP contribution is 2.16. The van der Waals surface area contributed by atoms with Crippen LogP contribution in [0.4, 0.5) is 10.5 Å². The van der Waals surface area contributed by atoms with Gasteiger partial charge in [0.2, 0.25) is 0 Å². The molecule has 0 radical (unpaired) electrons. The topological polar surface area (TPSA) is 93.4 Å². The van der Waals surface area contributed by atoms with Crippen molar-refractivity contribution >= 4 is 17.5 Å². The fraction of sp³-hybridized carbons (Fsp3) is 0.368. The number of anilines is 1. The Balaban J connectivity index is 1.36. The summed E-state index contributed by atoms with van der Waals surface area (Å²) in [5.74, 6) is 1.39. The van der Waals surface area contributed by atoms with Crippen LogP contribution >= 0.6 is 0 Å². The summed E-state index contributed by atoms with van der Waals surface area (Å²) in [6.45, 7) is 3.41. The van der Waals surface area contributed by atoms with Crippen molar-refractivity contribution < 1.29 is 9.53 Å². The second-order valence-corrected chi connectivity index (χ2v) is 6.18. The normalized spacial score (nSPS) is 10.7. The number of carbonyl (C=O) groups is 1. The summed E-state index contributed by atoms with van der Waals surface area (Å²) >= 11 is 0. The molecule has 0 saturated heterocycles. The molecule has 2 amide bonds. The Kier molecular flexibility index (Phi) is 6.56. The van der Waals surface area contributed by atoms with Gasteiger partial charge < -0.3 is 15.4 Å². The van der Waals surface area contributed by atoms with Crippen molar-refractivity contribution in [1.82, 2.24) is 24.9 Å². The highest BCUT2D eigenvalue weighted by atomic mass is 16.5. The number of carbonyl (C=O) groups excluding carboxylic acids is 1. The van der Waals surface area contributed by atoms with Gasteiger partial charge in [-0.2, -0.15) is 10.1 Å². The van der Waals surface area contributed by atoms with E-state index >= 15 is 0 Å². The van der Waals surface area contributed by atoms with E-state index in [0.717, 1.165) is 42.7 Å². The zero-order valence-electron chi connectivity index (χ0n) is 15.4. The van der Waals surface area contributed by atoms with Crippen LogP contribution in [0.5, 0.6) is 5.75 Å². The van der Waals surface area contributed by atoms with Gasteiger partial charge in [-0.25, -0.2) is 14.3 Å². The minimum absolute atomic E-state index is 0.223. The van der Waals surface area contributed by atoms with Crippen LogP contribution in [0.25, 0.3) is 5.78 Å². The molecule has 2 heterocycles. The van der Waals surface area contributed by atoms with E-state index in [-0.39, 0.29) is 6.03 Å². The third kappa shape index (κ3) is 5.67. The molecule has 2 aromatic heterocycles. The van der Waals surface area contributed by atoms with Gasteiger partial charge in [0.15, 0.2) is 0 Å². The Labute approximate surface area is 158 Å². The lowest BCUT2D eigenvalue weighted by atomic mass is 10.2. The SMILES string of the molecule is CCCCOc1ccc(NC(=O)NCCCc2cnc3ncnn3c2)cc1. The Morgan fingerprint density at radius 1 is 1.19 bits per heavy atom. The van der Waals surface area contributed by atoms with Crippen molar-refractivity contribution in [2.75, 3.05) is 18.5 Å². The van der Waals surface area contributed by atoms with Crippen LogP contribution in [-0.2, 0) is 6.42 Å². The summed E-state index contributed by atoms with van der Waals surface area (Å²) in [6.07, 6.45) is 8.90. The number of unbranched alkanes of at least 4 members (excludes halogenated alkanes) is 1. The fourth-order valence-corrected chi connectivity index (χ4v) is 2.53. The standard InChI is InChI=1S/C19H24N6O2/c1-2-3-11-27-17-8-6-16(7-9-17)24-19(26)20-10-4-5-15-12-21-18-22-14-23-25(18)13-15/h6-9,12-14H,2-5,10-11H2,1H3,(H2,20,24,26). The number of aromatic nitrogens is 4. The lowest BCUT2D eigenvalue weighted by molar-refractivity contribution is 0.252. The maximum absolute atomic E-state index is 12.0. The van der Waals surface area contributed by atoms with Gasteiger partial charge in [-0.15, -0.1) is 0 Å². The molecule has 3 aromatic rings. The number of aryl methyl sites for hydroxylation is 1. The minimum atomic E-state index is -0.223. The summed E-state index contributed by atoms with van der Waals surface area (Å²) in [5, 5.41) is 9.73. The monoisotopic (exact) mass is 368 g/mol. The maximum Gasteiger partial charge on any atom is 0.319 e. The molecular formula is C19H24N6O2. The molecule has 0 fully saturated rings. The molecule has 0 unspecified atom stereocenters. The lowest BCUT2D eigenvalue weighted by Gasteiger charge is -2.09. The van der Waals surface area contributed by atoms with Gasteiger partial charge >= 0.3 is 6.03 Å². The van der Waals surface area contributed by atoms with Gasteiger partial charge in [0.05, 0.1) is 6.61 Å². The second-order valence-electron chi connectivity index (χ2n) is 6.18. The number of urea groups is 1. The van der Waals surface area contributed by atoms with E-state index in [1.807, 2.05) is 30.5 Å². The van der Waals surface area contributed by atoms with Gasteiger partial charge in [-0.05, 0) is 49.1 Å². The van der Waals surface area contributed by atoms with Gasteiger partial charge in [0.1, 0.15) is 12.1 Å². The third-order valence-electron chi connectivity index (χ3n) is 3.99. The number of nitrogens with one attached hydrogen (secondary N) is 2. The quantitative estimate of drug-likeness (QED) is 0.566. The van der Waals surface area contributed by atoms with Gasteiger partial charge in [-0.1, -0.05) is 13.3 Å². The molecule has 8 heteroatoms. The molecule has 0 bridgehead atoms. The number of rotatable bonds is 9. The number of benzene rings is 1. The maximum atomic E-state index is 12.0. The first kappa shape index (κ1) is 18.6. The van der Waals surface area contributed by atoms with E-state index in [4.69, 9.17) is 4.74 Å². The van der Waals surface area contributed by atoms with E-state index in [0.29, 0.717) is 18.9 Å². The van der Waals surface area contributed by atoms with Crippen LogP contribution in [0.1, 0.15) is 31.7 Å². The molecule has 1 aromatic carbocycles. The first-order chi connectivity index (χ1) is 13.2. The molecule has 0 atom stereocenters. The van der Waals surface area contributed by atoms with Crippen molar-refractivity contribution in [3.05, 3.63) is 48.5 Å². The third-order valence-corrected chi connectivity index (χ3v) is 3.99. The van der Waals surface area contributed by atoms with Crippen LogP contribution in [0.3, 0.4) is 0 Å². The number of hydrogen-bond acceptors (Lipinski definition) is 5. The zero-order valence-corrected chi connectivity index (χ0v) is 15.4. The fourth-order valence-electron chi connectivity index (χ4n) is 2.53. The predicted octanol–water partition coefficient (Wildman–Crippen LogP) is 3.06. The summed E-state index contributed by atoms with van der Waals surface area (Å²) in [4.78, 5) is 20.2. The average molecular weight is 368 g/mol. The molecule has 8 nitrogen and oxygen atoms in total. The number of nitrogens with zero attached hydrogens (tertiary/aromatic N) is 4. The van der Waals surface area contributed by atoms with E-state index in [2.05, 4.69) is 32.6 Å². The Morgan fingerprint density at radius 2 is 2.04 bits per heavy atom. The Bertz CT molecular complexity index is 862. The summed E-state index contributed by atoms with van der Waals surface area (Å²) in [5.41, 5.74) is 1.78. The summed E-state index contributed by atoms with van der Waals surface area (Å²) < 4.78 is 7.25. The molecule has 3 rings (SSSR count).